The largest absolute Gasteiger partial charge is 0.494 e. The van der Waals surface area contributed by atoms with Crippen LogP contribution in [0.4, 0.5) is 0 Å². The summed E-state index contributed by atoms with van der Waals surface area (Å²) in [7, 11) is 1.65. The minimum absolute atomic E-state index is 0.0461. The minimum atomic E-state index is -0.473. The predicted octanol–water partition coefficient (Wildman–Crippen LogP) is 5.50. The molecule has 0 saturated heterocycles. The number of hydrogen-bond acceptors (Lipinski definition) is 5. The number of imidazole rings is 1. The highest BCUT2D eigenvalue weighted by Gasteiger charge is 2.42. The van der Waals surface area contributed by atoms with E-state index in [0.717, 1.165) is 42.9 Å². The van der Waals surface area contributed by atoms with Crippen LogP contribution in [-0.4, -0.2) is 40.6 Å². The van der Waals surface area contributed by atoms with Gasteiger partial charge in [0.1, 0.15) is 28.2 Å². The summed E-state index contributed by atoms with van der Waals surface area (Å²) in [5.41, 5.74) is 1.62. The fraction of sp³-hybridized carbons (Fsp3) is 0.679. The maximum absolute atomic E-state index is 13.4. The van der Waals surface area contributed by atoms with E-state index in [9.17, 15) is 9.59 Å². The van der Waals surface area contributed by atoms with Crippen LogP contribution in [0.1, 0.15) is 101 Å². The lowest BCUT2D eigenvalue weighted by molar-refractivity contribution is -0.156. The Labute approximate surface area is 207 Å². The quantitative estimate of drug-likeness (QED) is 0.532. The van der Waals surface area contributed by atoms with Crippen molar-refractivity contribution < 1.29 is 19.1 Å². The fourth-order valence-corrected chi connectivity index (χ4v) is 6.68. The standard InChI is InChI=1S/C28H39N3O4/c1-28(2,3)35-23(32)15-16-6-5-7-19(13-16)29-27(33)20-10-11-22(34-4)25-24(20)30-26(31-25)21-14-17-8-9-18(21)12-17/h10-11,16-19,21H,5-9,12-15H2,1-4H3,(H,29,33)(H,30,31). The molecule has 2 aromatic rings. The van der Waals surface area contributed by atoms with E-state index in [1.807, 2.05) is 32.9 Å². The van der Waals surface area contributed by atoms with Gasteiger partial charge in [0.05, 0.1) is 12.7 Å². The highest BCUT2D eigenvalue weighted by atomic mass is 16.6. The van der Waals surface area contributed by atoms with Crippen LogP contribution in [0, 0.1) is 17.8 Å². The number of ether oxygens (including phenoxy) is 2. The van der Waals surface area contributed by atoms with Gasteiger partial charge in [-0.1, -0.05) is 12.8 Å². The molecule has 2 N–H and O–H groups in total. The number of aromatic amines is 1. The summed E-state index contributed by atoms with van der Waals surface area (Å²) in [5.74, 6) is 3.66. The van der Waals surface area contributed by atoms with Gasteiger partial charge in [0, 0.05) is 18.4 Å². The van der Waals surface area contributed by atoms with Crippen molar-refractivity contribution in [1.29, 1.82) is 0 Å². The molecule has 7 nitrogen and oxygen atoms in total. The number of nitrogens with zero attached hydrogens (tertiary/aromatic N) is 1. The van der Waals surface area contributed by atoms with Crippen molar-refractivity contribution in [3.63, 3.8) is 0 Å². The second kappa shape index (κ2) is 9.47. The number of carbonyl (C=O) groups is 2. The third-order valence-electron chi connectivity index (χ3n) is 8.17. The Morgan fingerprint density at radius 2 is 1.94 bits per heavy atom. The average molecular weight is 482 g/mol. The monoisotopic (exact) mass is 481 g/mol. The Morgan fingerprint density at radius 3 is 2.63 bits per heavy atom. The van der Waals surface area contributed by atoms with E-state index in [1.165, 1.54) is 25.7 Å². The van der Waals surface area contributed by atoms with E-state index in [4.69, 9.17) is 14.5 Å². The van der Waals surface area contributed by atoms with Gasteiger partial charge in [-0.25, -0.2) is 4.98 Å². The smallest absolute Gasteiger partial charge is 0.306 e. The molecule has 2 bridgehead atoms. The van der Waals surface area contributed by atoms with E-state index < -0.39 is 5.60 Å². The maximum Gasteiger partial charge on any atom is 0.306 e. The van der Waals surface area contributed by atoms with E-state index in [0.29, 0.717) is 35.1 Å². The summed E-state index contributed by atoms with van der Waals surface area (Å²) in [5, 5.41) is 3.24. The molecule has 7 heteroatoms. The van der Waals surface area contributed by atoms with Crippen LogP contribution in [-0.2, 0) is 9.53 Å². The van der Waals surface area contributed by atoms with E-state index in [1.54, 1.807) is 7.11 Å². The molecule has 3 aliphatic rings. The van der Waals surface area contributed by atoms with Crippen molar-refractivity contribution in [3.05, 3.63) is 23.5 Å². The highest BCUT2D eigenvalue weighted by Crippen LogP contribution is 2.52. The first-order valence-corrected chi connectivity index (χ1v) is 13.3. The summed E-state index contributed by atoms with van der Waals surface area (Å²) in [6.07, 6.45) is 9.22. The molecular formula is C28H39N3O4. The lowest BCUT2D eigenvalue weighted by Crippen LogP contribution is -2.39. The summed E-state index contributed by atoms with van der Waals surface area (Å²) >= 11 is 0. The first kappa shape index (κ1) is 24.1. The van der Waals surface area contributed by atoms with Crippen LogP contribution < -0.4 is 10.1 Å². The summed E-state index contributed by atoms with van der Waals surface area (Å²) in [6, 6.07) is 3.72. The van der Waals surface area contributed by atoms with Gasteiger partial charge >= 0.3 is 5.97 Å². The number of fused-ring (bicyclic) bond motifs is 3. The Balaban J connectivity index is 1.30. The molecule has 35 heavy (non-hydrogen) atoms. The molecule has 3 fully saturated rings. The van der Waals surface area contributed by atoms with Gasteiger partial charge in [0.15, 0.2) is 0 Å². The van der Waals surface area contributed by atoms with Gasteiger partial charge in [0.25, 0.3) is 5.91 Å². The Kier molecular flexibility index (Phi) is 6.53. The summed E-state index contributed by atoms with van der Waals surface area (Å²) < 4.78 is 11.1. The lowest BCUT2D eigenvalue weighted by Gasteiger charge is -2.30. The molecule has 1 aromatic carbocycles. The van der Waals surface area contributed by atoms with Gasteiger partial charge in [-0.15, -0.1) is 0 Å². The van der Waals surface area contributed by atoms with Gasteiger partial charge in [-0.2, -0.15) is 0 Å². The van der Waals surface area contributed by atoms with Crippen LogP contribution in [0.3, 0.4) is 0 Å². The molecule has 1 amide bonds. The van der Waals surface area contributed by atoms with Crippen molar-refractivity contribution in [3.8, 4) is 5.75 Å². The van der Waals surface area contributed by atoms with E-state index in [-0.39, 0.29) is 23.8 Å². The van der Waals surface area contributed by atoms with Gasteiger partial charge in [-0.05, 0) is 89.2 Å². The van der Waals surface area contributed by atoms with Crippen molar-refractivity contribution in [2.75, 3.05) is 7.11 Å². The first-order chi connectivity index (χ1) is 16.7. The van der Waals surface area contributed by atoms with Crippen molar-refractivity contribution >= 4 is 22.9 Å². The lowest BCUT2D eigenvalue weighted by atomic mass is 9.83. The number of esters is 1. The van der Waals surface area contributed by atoms with Crippen molar-refractivity contribution in [2.24, 2.45) is 17.8 Å². The van der Waals surface area contributed by atoms with E-state index in [2.05, 4.69) is 10.3 Å². The van der Waals surface area contributed by atoms with Crippen molar-refractivity contribution in [2.45, 2.75) is 96.1 Å². The number of hydrogen-bond donors (Lipinski definition) is 2. The Hall–Kier alpha value is -2.57. The molecule has 5 rings (SSSR count). The number of methoxy groups -OCH3 is 1. The van der Waals surface area contributed by atoms with Crippen LogP contribution in [0.15, 0.2) is 12.1 Å². The second-order valence-corrected chi connectivity index (χ2v) is 11.9. The predicted molar refractivity (Wildman–Crippen MR) is 135 cm³/mol. The normalized spacial score (nSPS) is 28.3. The molecule has 5 atom stereocenters. The van der Waals surface area contributed by atoms with Crippen LogP contribution >= 0.6 is 0 Å². The first-order valence-electron chi connectivity index (χ1n) is 13.3. The summed E-state index contributed by atoms with van der Waals surface area (Å²) in [6.45, 7) is 5.67. The molecule has 0 radical (unpaired) electrons. The van der Waals surface area contributed by atoms with Gasteiger partial charge in [0.2, 0.25) is 0 Å². The number of carbonyl (C=O) groups excluding carboxylic acids is 2. The zero-order valence-corrected chi connectivity index (χ0v) is 21.5. The Morgan fingerprint density at radius 1 is 1.11 bits per heavy atom. The topological polar surface area (TPSA) is 93.3 Å². The Bertz CT molecular complexity index is 1100. The number of aromatic nitrogens is 2. The van der Waals surface area contributed by atoms with Crippen LogP contribution in [0.5, 0.6) is 5.75 Å². The molecule has 1 heterocycles. The number of nitrogens with one attached hydrogen (secondary N) is 2. The van der Waals surface area contributed by atoms with Gasteiger partial charge < -0.3 is 19.8 Å². The molecule has 5 unspecified atom stereocenters. The summed E-state index contributed by atoms with van der Waals surface area (Å²) in [4.78, 5) is 34.2. The number of benzene rings is 1. The van der Waals surface area contributed by atoms with Gasteiger partial charge in [-0.3, -0.25) is 9.59 Å². The number of amides is 1. The second-order valence-electron chi connectivity index (χ2n) is 11.9. The zero-order chi connectivity index (χ0) is 24.7. The average Bonchev–Trinajstić information content (AvgIpc) is 3.52. The van der Waals surface area contributed by atoms with Crippen molar-refractivity contribution in [1.82, 2.24) is 15.3 Å². The van der Waals surface area contributed by atoms with E-state index >= 15 is 0 Å². The highest BCUT2D eigenvalue weighted by molar-refractivity contribution is 6.06. The number of H-pyrrole nitrogens is 1. The third-order valence-corrected chi connectivity index (χ3v) is 8.17. The molecule has 0 aliphatic heterocycles. The molecule has 1 aromatic heterocycles. The minimum Gasteiger partial charge on any atom is -0.494 e. The zero-order valence-electron chi connectivity index (χ0n) is 21.5. The third kappa shape index (κ3) is 5.19. The van der Waals surface area contributed by atoms with Crippen LogP contribution in [0.25, 0.3) is 11.0 Å². The SMILES string of the molecule is COc1ccc(C(=O)NC2CCCC(CC(=O)OC(C)(C)C)C2)c2nc(C3CC4CCC3C4)[nH]c12. The maximum atomic E-state index is 13.4. The molecule has 0 spiro atoms. The fourth-order valence-electron chi connectivity index (χ4n) is 6.68. The number of rotatable bonds is 6. The molecule has 190 valence electrons. The molecular weight excluding hydrogens is 442 g/mol. The molecule has 3 saturated carbocycles. The molecule has 3 aliphatic carbocycles. The van der Waals surface area contributed by atoms with Crippen LogP contribution in [0.2, 0.25) is 0 Å².